The third-order valence-electron chi connectivity index (χ3n) is 4.59. The molecule has 1 saturated heterocycles. The van der Waals surface area contributed by atoms with E-state index in [1.807, 2.05) is 11.0 Å². The number of hydrogen-bond acceptors (Lipinski definition) is 4. The number of benzene rings is 1. The fourth-order valence-corrected chi connectivity index (χ4v) is 2.97. The highest BCUT2D eigenvalue weighted by Crippen LogP contribution is 2.21. The van der Waals surface area contributed by atoms with E-state index in [0.717, 1.165) is 37.2 Å². The van der Waals surface area contributed by atoms with Crippen LogP contribution in [0.3, 0.4) is 0 Å². The number of amides is 1. The Labute approximate surface area is 143 Å². The zero-order valence-corrected chi connectivity index (χ0v) is 14.5. The molecule has 2 aromatic rings. The van der Waals surface area contributed by atoms with Crippen molar-refractivity contribution < 1.29 is 4.79 Å². The quantitative estimate of drug-likeness (QED) is 0.935. The Bertz CT molecular complexity index is 719. The number of carbonyl (C=O) groups excluding carboxylic acids is 1. The van der Waals surface area contributed by atoms with Crippen LogP contribution in [0.5, 0.6) is 0 Å². The van der Waals surface area contributed by atoms with E-state index < -0.39 is 0 Å². The lowest BCUT2D eigenvalue weighted by Crippen LogP contribution is -2.38. The normalized spacial score (nSPS) is 15.4. The summed E-state index contributed by atoms with van der Waals surface area (Å²) in [6.07, 6.45) is 5.31. The lowest BCUT2D eigenvalue weighted by atomic mass is 9.99. The second-order valence-electron chi connectivity index (χ2n) is 6.70. The maximum absolute atomic E-state index is 12.5. The van der Waals surface area contributed by atoms with Crippen LogP contribution in [0, 0.1) is 19.8 Å². The lowest BCUT2D eigenvalue weighted by Gasteiger charge is -2.29. The number of carbonyl (C=O) groups is 1. The standard InChI is InChI=1S/C19H24N4O/c1-13-6-8-23(9-7-13)19(24)17-11-21-18(12-20-17)22-16-5-4-14(2)10-15(16)3/h4-5,10-13H,6-9H2,1-3H3,(H,21,22). The number of nitrogens with zero attached hydrogens (tertiary/aromatic N) is 3. The number of likely N-dealkylation sites (tertiary alicyclic amines) is 1. The summed E-state index contributed by atoms with van der Waals surface area (Å²) >= 11 is 0. The van der Waals surface area contributed by atoms with Crippen molar-refractivity contribution >= 4 is 17.4 Å². The Morgan fingerprint density at radius 3 is 2.54 bits per heavy atom. The zero-order chi connectivity index (χ0) is 17.1. The maximum Gasteiger partial charge on any atom is 0.274 e. The fourth-order valence-electron chi connectivity index (χ4n) is 2.97. The number of rotatable bonds is 3. The molecule has 0 unspecified atom stereocenters. The van der Waals surface area contributed by atoms with Crippen LogP contribution in [0.25, 0.3) is 0 Å². The van der Waals surface area contributed by atoms with E-state index in [4.69, 9.17) is 0 Å². The van der Waals surface area contributed by atoms with Crippen molar-refractivity contribution in [3.63, 3.8) is 0 Å². The van der Waals surface area contributed by atoms with Gasteiger partial charge in [0.25, 0.3) is 5.91 Å². The molecule has 24 heavy (non-hydrogen) atoms. The van der Waals surface area contributed by atoms with Gasteiger partial charge in [-0.1, -0.05) is 24.6 Å². The van der Waals surface area contributed by atoms with Gasteiger partial charge in [0.15, 0.2) is 0 Å². The van der Waals surface area contributed by atoms with Crippen LogP contribution in [-0.2, 0) is 0 Å². The number of aryl methyl sites for hydroxylation is 2. The molecule has 5 nitrogen and oxygen atoms in total. The Hall–Kier alpha value is -2.43. The SMILES string of the molecule is Cc1ccc(Nc2cnc(C(=O)N3CCC(C)CC3)cn2)c(C)c1. The number of aromatic nitrogens is 2. The predicted molar refractivity (Wildman–Crippen MR) is 95.5 cm³/mol. The molecule has 3 rings (SSSR count). The monoisotopic (exact) mass is 324 g/mol. The number of anilines is 2. The van der Waals surface area contributed by atoms with Crippen molar-refractivity contribution in [3.8, 4) is 0 Å². The third-order valence-corrected chi connectivity index (χ3v) is 4.59. The number of nitrogens with one attached hydrogen (secondary N) is 1. The molecular formula is C19H24N4O. The molecule has 1 aliphatic heterocycles. The molecule has 0 atom stereocenters. The van der Waals surface area contributed by atoms with Gasteiger partial charge >= 0.3 is 0 Å². The first-order valence-electron chi connectivity index (χ1n) is 8.48. The predicted octanol–water partition coefficient (Wildman–Crippen LogP) is 3.71. The molecular weight excluding hydrogens is 300 g/mol. The van der Waals surface area contributed by atoms with E-state index in [9.17, 15) is 4.79 Å². The summed E-state index contributed by atoms with van der Waals surface area (Å²) in [5.41, 5.74) is 3.79. The van der Waals surface area contributed by atoms with E-state index >= 15 is 0 Å². The van der Waals surface area contributed by atoms with Gasteiger partial charge in [-0.25, -0.2) is 9.97 Å². The summed E-state index contributed by atoms with van der Waals surface area (Å²) in [4.78, 5) is 23.0. The Kier molecular flexibility index (Phi) is 4.79. The summed E-state index contributed by atoms with van der Waals surface area (Å²) in [5.74, 6) is 1.32. The first-order valence-corrected chi connectivity index (χ1v) is 8.48. The highest BCUT2D eigenvalue weighted by atomic mass is 16.2. The van der Waals surface area contributed by atoms with Crippen LogP contribution >= 0.6 is 0 Å². The molecule has 0 radical (unpaired) electrons. The Balaban J connectivity index is 1.68. The van der Waals surface area contributed by atoms with Crippen LogP contribution in [0.1, 0.15) is 41.4 Å². The van der Waals surface area contributed by atoms with Gasteiger partial charge in [0.05, 0.1) is 12.4 Å². The summed E-state index contributed by atoms with van der Waals surface area (Å²) in [6.45, 7) is 7.97. The first-order chi connectivity index (χ1) is 11.5. The second-order valence-corrected chi connectivity index (χ2v) is 6.70. The molecule has 1 aromatic heterocycles. The van der Waals surface area contributed by atoms with Gasteiger partial charge < -0.3 is 10.2 Å². The largest absolute Gasteiger partial charge is 0.339 e. The topological polar surface area (TPSA) is 58.1 Å². The maximum atomic E-state index is 12.5. The Morgan fingerprint density at radius 1 is 1.17 bits per heavy atom. The zero-order valence-electron chi connectivity index (χ0n) is 14.5. The van der Waals surface area contributed by atoms with Crippen LogP contribution < -0.4 is 5.32 Å². The summed E-state index contributed by atoms with van der Waals surface area (Å²) in [7, 11) is 0. The summed E-state index contributed by atoms with van der Waals surface area (Å²) in [6, 6.07) is 6.20. The van der Waals surface area contributed by atoms with E-state index in [-0.39, 0.29) is 5.91 Å². The molecule has 5 heteroatoms. The van der Waals surface area contributed by atoms with Crippen LogP contribution in [-0.4, -0.2) is 33.9 Å². The van der Waals surface area contributed by atoms with Crippen molar-refractivity contribution in [1.82, 2.24) is 14.9 Å². The minimum Gasteiger partial charge on any atom is -0.339 e. The average Bonchev–Trinajstić information content (AvgIpc) is 2.58. The van der Waals surface area contributed by atoms with Gasteiger partial charge in [-0.15, -0.1) is 0 Å². The van der Waals surface area contributed by atoms with Crippen molar-refractivity contribution in [1.29, 1.82) is 0 Å². The molecule has 126 valence electrons. The molecule has 1 aromatic carbocycles. The van der Waals surface area contributed by atoms with Gasteiger partial charge in [0.2, 0.25) is 0 Å². The van der Waals surface area contributed by atoms with Gasteiger partial charge in [-0.3, -0.25) is 4.79 Å². The van der Waals surface area contributed by atoms with E-state index in [0.29, 0.717) is 17.4 Å². The summed E-state index contributed by atoms with van der Waals surface area (Å²) in [5, 5.41) is 3.25. The van der Waals surface area contributed by atoms with E-state index in [1.54, 1.807) is 12.4 Å². The van der Waals surface area contributed by atoms with Crippen LogP contribution in [0.4, 0.5) is 11.5 Å². The first kappa shape index (κ1) is 16.4. The molecule has 1 aliphatic rings. The number of hydrogen-bond donors (Lipinski definition) is 1. The number of piperidine rings is 1. The molecule has 0 bridgehead atoms. The minimum absolute atomic E-state index is 0.0209. The fraction of sp³-hybridized carbons (Fsp3) is 0.421. The molecule has 0 saturated carbocycles. The second kappa shape index (κ2) is 6.99. The van der Waals surface area contributed by atoms with Gasteiger partial charge in [-0.05, 0) is 44.2 Å². The highest BCUT2D eigenvalue weighted by Gasteiger charge is 2.22. The van der Waals surface area contributed by atoms with Crippen molar-refractivity contribution in [2.24, 2.45) is 5.92 Å². The van der Waals surface area contributed by atoms with Gasteiger partial charge in [-0.2, -0.15) is 0 Å². The van der Waals surface area contributed by atoms with Gasteiger partial charge in [0.1, 0.15) is 11.5 Å². The van der Waals surface area contributed by atoms with E-state index in [1.165, 1.54) is 5.56 Å². The molecule has 1 N–H and O–H groups in total. The van der Waals surface area contributed by atoms with Crippen molar-refractivity contribution in [3.05, 3.63) is 47.4 Å². The van der Waals surface area contributed by atoms with Crippen molar-refractivity contribution in [2.75, 3.05) is 18.4 Å². The smallest absolute Gasteiger partial charge is 0.274 e. The van der Waals surface area contributed by atoms with Crippen LogP contribution in [0.2, 0.25) is 0 Å². The summed E-state index contributed by atoms with van der Waals surface area (Å²) < 4.78 is 0. The molecule has 0 aliphatic carbocycles. The van der Waals surface area contributed by atoms with E-state index in [2.05, 4.69) is 48.2 Å². The highest BCUT2D eigenvalue weighted by molar-refractivity contribution is 5.92. The lowest BCUT2D eigenvalue weighted by molar-refractivity contribution is 0.0691. The molecule has 1 amide bonds. The van der Waals surface area contributed by atoms with Crippen molar-refractivity contribution in [2.45, 2.75) is 33.6 Å². The third kappa shape index (κ3) is 3.72. The minimum atomic E-state index is -0.0209. The molecule has 2 heterocycles. The average molecular weight is 324 g/mol. The Morgan fingerprint density at radius 2 is 1.92 bits per heavy atom. The molecule has 1 fully saturated rings. The molecule has 0 spiro atoms. The van der Waals surface area contributed by atoms with Crippen LogP contribution in [0.15, 0.2) is 30.6 Å². The van der Waals surface area contributed by atoms with Gasteiger partial charge in [0, 0.05) is 18.8 Å².